The van der Waals surface area contributed by atoms with Crippen LogP contribution in [0.5, 0.6) is 0 Å². The van der Waals surface area contributed by atoms with Crippen molar-refractivity contribution >= 4 is 27.6 Å². The molecular weight excluding hydrogens is 412 g/mol. The van der Waals surface area contributed by atoms with E-state index in [0.717, 1.165) is 25.9 Å². The van der Waals surface area contributed by atoms with Crippen molar-refractivity contribution in [2.24, 2.45) is 13.0 Å². The summed E-state index contributed by atoms with van der Waals surface area (Å²) < 4.78 is 1.78. The molecule has 3 rings (SSSR count). The number of piperidine rings is 1. The number of carboxylic acid groups (broad SMARTS) is 1. The predicted molar refractivity (Wildman–Crippen MR) is 108 cm³/mol. The average Bonchev–Trinajstić information content (AvgIpc) is 2.61. The van der Waals surface area contributed by atoms with Gasteiger partial charge in [-0.25, -0.2) is 9.48 Å². The van der Waals surface area contributed by atoms with E-state index >= 15 is 0 Å². The molecule has 0 bridgehead atoms. The van der Waals surface area contributed by atoms with E-state index in [1.807, 2.05) is 6.08 Å². The molecule has 0 radical (unpaired) electrons. The summed E-state index contributed by atoms with van der Waals surface area (Å²) in [7, 11) is 3.71. The monoisotopic (exact) mass is 436 g/mol. The number of nitrogens with one attached hydrogen (secondary N) is 1. The number of hydrogen-bond acceptors (Lipinski definition) is 5. The second-order valence-electron chi connectivity index (χ2n) is 7.82. The summed E-state index contributed by atoms with van der Waals surface area (Å²) >= 11 is 3.38. The molecule has 0 amide bonds. The first kappa shape index (κ1) is 19.8. The lowest BCUT2D eigenvalue weighted by Crippen LogP contribution is -2.53. The molecule has 2 aliphatic rings. The van der Waals surface area contributed by atoms with Crippen molar-refractivity contribution in [3.63, 3.8) is 0 Å². The van der Waals surface area contributed by atoms with Crippen molar-refractivity contribution in [3.8, 4) is 0 Å². The van der Waals surface area contributed by atoms with E-state index in [1.54, 1.807) is 19.3 Å². The summed E-state index contributed by atoms with van der Waals surface area (Å²) in [5, 5.41) is 16.8. The highest BCUT2D eigenvalue weighted by Crippen LogP contribution is 2.36. The number of aliphatic carboxylic acids is 1. The first-order chi connectivity index (χ1) is 12.7. The lowest BCUT2D eigenvalue weighted by Gasteiger charge is -2.45. The van der Waals surface area contributed by atoms with Gasteiger partial charge in [0.15, 0.2) is 0 Å². The molecule has 146 valence electrons. The van der Waals surface area contributed by atoms with Gasteiger partial charge in [0, 0.05) is 31.2 Å². The summed E-state index contributed by atoms with van der Waals surface area (Å²) in [6, 6.07) is 0. The van der Waals surface area contributed by atoms with Crippen LogP contribution in [0.15, 0.2) is 38.8 Å². The van der Waals surface area contributed by atoms with Crippen LogP contribution in [-0.2, 0) is 11.8 Å². The molecule has 0 saturated carbocycles. The van der Waals surface area contributed by atoms with Gasteiger partial charge < -0.3 is 15.3 Å². The summed E-state index contributed by atoms with van der Waals surface area (Å²) in [5.41, 5.74) is 2.05. The smallest absolute Gasteiger partial charge is 0.331 e. The first-order valence-electron chi connectivity index (χ1n) is 9.00. The topological polar surface area (TPSA) is 87.5 Å². The number of likely N-dealkylation sites (tertiary alicyclic amines) is 1. The van der Waals surface area contributed by atoms with Crippen LogP contribution in [0.3, 0.4) is 0 Å². The number of aromatic nitrogens is 2. The fourth-order valence-corrected chi connectivity index (χ4v) is 4.60. The molecule has 1 fully saturated rings. The maximum Gasteiger partial charge on any atom is 0.331 e. The molecule has 8 heteroatoms. The molecule has 2 heterocycles. The SMILES string of the molecule is CN1C[C@@H](C2=CC=C(C(=O)O)CC2)C[C@](C)(Nc2cnn(C)c(=O)c2Br)C1. The molecule has 1 aliphatic heterocycles. The van der Waals surface area contributed by atoms with Crippen LogP contribution in [0.2, 0.25) is 0 Å². The number of aryl methyl sites for hydroxylation is 1. The largest absolute Gasteiger partial charge is 0.478 e. The van der Waals surface area contributed by atoms with Gasteiger partial charge >= 0.3 is 5.97 Å². The lowest BCUT2D eigenvalue weighted by molar-refractivity contribution is -0.132. The molecule has 1 aliphatic carbocycles. The van der Waals surface area contributed by atoms with Gasteiger partial charge in [-0.05, 0) is 55.1 Å². The van der Waals surface area contributed by atoms with Crippen LogP contribution in [0.4, 0.5) is 5.69 Å². The van der Waals surface area contributed by atoms with Crippen LogP contribution in [-0.4, -0.2) is 51.4 Å². The zero-order valence-corrected chi connectivity index (χ0v) is 17.4. The highest BCUT2D eigenvalue weighted by Gasteiger charge is 2.37. The lowest BCUT2D eigenvalue weighted by atomic mass is 9.77. The van der Waals surface area contributed by atoms with Gasteiger partial charge in [0.05, 0.1) is 11.9 Å². The molecule has 27 heavy (non-hydrogen) atoms. The minimum Gasteiger partial charge on any atom is -0.478 e. The molecule has 1 aromatic rings. The van der Waals surface area contributed by atoms with Crippen LogP contribution < -0.4 is 10.9 Å². The Hall–Kier alpha value is -1.93. The first-order valence-corrected chi connectivity index (χ1v) is 9.79. The summed E-state index contributed by atoms with van der Waals surface area (Å²) in [4.78, 5) is 25.5. The molecule has 0 aromatic carbocycles. The van der Waals surface area contributed by atoms with E-state index in [9.17, 15) is 9.59 Å². The number of anilines is 1. The number of halogens is 1. The Morgan fingerprint density at radius 1 is 1.37 bits per heavy atom. The third kappa shape index (κ3) is 4.32. The minimum absolute atomic E-state index is 0.175. The van der Waals surface area contributed by atoms with E-state index in [1.165, 1.54) is 10.3 Å². The van der Waals surface area contributed by atoms with Gasteiger partial charge in [0.25, 0.3) is 5.56 Å². The van der Waals surface area contributed by atoms with E-state index < -0.39 is 5.97 Å². The minimum atomic E-state index is -0.833. The Labute approximate surface area is 166 Å². The number of carbonyl (C=O) groups is 1. The number of carboxylic acids is 1. The molecule has 1 aromatic heterocycles. The third-order valence-corrected chi connectivity index (χ3v) is 6.11. The van der Waals surface area contributed by atoms with Gasteiger partial charge in [-0.3, -0.25) is 4.79 Å². The fraction of sp³-hybridized carbons (Fsp3) is 0.526. The number of nitrogens with zero attached hydrogens (tertiary/aromatic N) is 3. The number of allylic oxidation sites excluding steroid dienone is 2. The van der Waals surface area contributed by atoms with Crippen molar-refractivity contribution in [2.75, 3.05) is 25.5 Å². The average molecular weight is 437 g/mol. The van der Waals surface area contributed by atoms with Crippen molar-refractivity contribution in [1.82, 2.24) is 14.7 Å². The molecule has 7 nitrogen and oxygen atoms in total. The van der Waals surface area contributed by atoms with Crippen LogP contribution in [0.25, 0.3) is 0 Å². The van der Waals surface area contributed by atoms with E-state index in [0.29, 0.717) is 28.1 Å². The highest BCUT2D eigenvalue weighted by atomic mass is 79.9. The Balaban J connectivity index is 1.82. The third-order valence-electron chi connectivity index (χ3n) is 5.34. The normalized spacial score (nSPS) is 26.3. The van der Waals surface area contributed by atoms with Gasteiger partial charge in [0.1, 0.15) is 4.47 Å². The van der Waals surface area contributed by atoms with Crippen molar-refractivity contribution in [2.45, 2.75) is 31.7 Å². The quantitative estimate of drug-likeness (QED) is 0.753. The maximum atomic E-state index is 12.1. The second kappa shape index (κ2) is 7.59. The van der Waals surface area contributed by atoms with E-state index in [4.69, 9.17) is 5.11 Å². The molecule has 0 spiro atoms. The van der Waals surface area contributed by atoms with Crippen LogP contribution in [0.1, 0.15) is 26.2 Å². The number of rotatable bonds is 4. The van der Waals surface area contributed by atoms with E-state index in [2.05, 4.69) is 45.2 Å². The van der Waals surface area contributed by atoms with Crippen LogP contribution in [0, 0.1) is 5.92 Å². The standard InChI is InChI=1S/C19H25BrN4O3/c1-19(22-15-9-21-24(3)17(25)16(15)20)8-14(10-23(2)11-19)12-4-6-13(7-5-12)18(26)27/h4,6,9,14,22H,5,7-8,10-11H2,1-3H3,(H,26,27)/t14-,19-/m0/s1. The Morgan fingerprint density at radius 2 is 2.11 bits per heavy atom. The molecule has 2 N–H and O–H groups in total. The van der Waals surface area contributed by atoms with Gasteiger partial charge in [-0.2, -0.15) is 5.10 Å². The maximum absolute atomic E-state index is 12.1. The molecule has 1 saturated heterocycles. The zero-order chi connectivity index (χ0) is 19.8. The summed E-state index contributed by atoms with van der Waals surface area (Å²) in [6.07, 6.45) is 7.65. The number of hydrogen-bond donors (Lipinski definition) is 2. The van der Waals surface area contributed by atoms with Crippen molar-refractivity contribution in [1.29, 1.82) is 0 Å². The molecular formula is C19H25BrN4O3. The van der Waals surface area contributed by atoms with Crippen molar-refractivity contribution in [3.05, 3.63) is 44.3 Å². The predicted octanol–water partition coefficient (Wildman–Crippen LogP) is 2.40. The highest BCUT2D eigenvalue weighted by molar-refractivity contribution is 9.10. The van der Waals surface area contributed by atoms with Crippen molar-refractivity contribution < 1.29 is 9.90 Å². The summed E-state index contributed by atoms with van der Waals surface area (Å²) in [5.74, 6) is -0.494. The Morgan fingerprint density at radius 3 is 2.74 bits per heavy atom. The molecule has 2 atom stereocenters. The Kier molecular flexibility index (Phi) is 5.58. The van der Waals surface area contributed by atoms with Gasteiger partial charge in [-0.1, -0.05) is 17.7 Å². The second-order valence-corrected chi connectivity index (χ2v) is 8.62. The molecule has 0 unspecified atom stereocenters. The fourth-order valence-electron chi connectivity index (χ4n) is 4.14. The summed E-state index contributed by atoms with van der Waals surface area (Å²) in [6.45, 7) is 3.94. The zero-order valence-electron chi connectivity index (χ0n) is 15.8. The van der Waals surface area contributed by atoms with Gasteiger partial charge in [0.2, 0.25) is 0 Å². The Bertz CT molecular complexity index is 876. The van der Waals surface area contributed by atoms with Gasteiger partial charge in [-0.15, -0.1) is 0 Å². The van der Waals surface area contributed by atoms with Crippen LogP contribution >= 0.6 is 15.9 Å². The van der Waals surface area contributed by atoms with E-state index in [-0.39, 0.29) is 11.1 Å². The number of likely N-dealkylation sites (N-methyl/N-ethyl adjacent to an activating group) is 1.